The van der Waals surface area contributed by atoms with E-state index < -0.39 is 6.10 Å². The Morgan fingerprint density at radius 3 is 2.72 bits per heavy atom. The number of nitrogens with one attached hydrogen (secondary N) is 2. The molecule has 3 saturated heterocycles. The minimum absolute atomic E-state index is 0.193. The number of hydrogen-bond donors (Lipinski definition) is 3. The first-order valence-electron chi connectivity index (χ1n) is 13.9. The average molecular weight is 541 g/mol. The number of carbonyl (C=O) groups excluding carboxylic acids is 1. The molecule has 0 spiro atoms. The van der Waals surface area contributed by atoms with Crippen molar-refractivity contribution in [3.05, 3.63) is 29.8 Å². The van der Waals surface area contributed by atoms with E-state index in [1.54, 1.807) is 7.05 Å². The molecule has 1 aromatic heterocycles. The summed E-state index contributed by atoms with van der Waals surface area (Å²) in [5, 5.41) is 16.6. The summed E-state index contributed by atoms with van der Waals surface area (Å²) in [7, 11) is 1.80. The zero-order valence-electron chi connectivity index (χ0n) is 23.1. The lowest BCUT2D eigenvalue weighted by Gasteiger charge is -2.25. The molecule has 0 aliphatic carbocycles. The number of aromatic nitrogens is 2. The van der Waals surface area contributed by atoms with Crippen molar-refractivity contribution in [1.29, 1.82) is 0 Å². The smallest absolute Gasteiger partial charge is 0.409 e. The van der Waals surface area contributed by atoms with E-state index in [9.17, 15) is 9.90 Å². The van der Waals surface area contributed by atoms with E-state index in [0.29, 0.717) is 56.3 Å². The first kappa shape index (κ1) is 27.4. The van der Waals surface area contributed by atoms with E-state index in [0.717, 1.165) is 48.9 Å². The van der Waals surface area contributed by atoms with Gasteiger partial charge in [0.25, 0.3) is 0 Å². The molecule has 1 amide bonds. The van der Waals surface area contributed by atoms with Gasteiger partial charge in [0, 0.05) is 62.3 Å². The monoisotopic (exact) mass is 540 g/mol. The predicted octanol–water partition coefficient (Wildman–Crippen LogP) is 2.14. The molecular weight excluding hydrogens is 500 g/mol. The third-order valence-electron chi connectivity index (χ3n) is 7.68. The van der Waals surface area contributed by atoms with Crippen LogP contribution in [0.15, 0.2) is 24.3 Å². The van der Waals surface area contributed by atoms with Gasteiger partial charge in [0.05, 0.1) is 19.3 Å². The van der Waals surface area contributed by atoms with Crippen LogP contribution >= 0.6 is 0 Å². The number of rotatable bonds is 10. The molecule has 4 unspecified atom stereocenters. The summed E-state index contributed by atoms with van der Waals surface area (Å²) in [4.78, 5) is 26.4. The van der Waals surface area contributed by atoms with Gasteiger partial charge in [0.15, 0.2) is 5.82 Å². The van der Waals surface area contributed by atoms with Crippen molar-refractivity contribution in [1.82, 2.24) is 20.2 Å². The van der Waals surface area contributed by atoms with Gasteiger partial charge in [-0.25, -0.2) is 14.8 Å². The number of fused-ring (bicyclic) bond motifs is 1. The normalized spacial score (nSPS) is 23.1. The molecule has 0 saturated carbocycles. The minimum Gasteiger partial charge on any atom is -0.491 e. The summed E-state index contributed by atoms with van der Waals surface area (Å²) in [6.07, 6.45) is 0.119. The number of aliphatic hydroxyl groups excluding tert-OH is 1. The molecule has 0 bridgehead atoms. The number of ether oxygens (including phenoxy) is 3. The second kappa shape index (κ2) is 12.4. The predicted molar refractivity (Wildman–Crippen MR) is 148 cm³/mol. The molecule has 3 fully saturated rings. The van der Waals surface area contributed by atoms with Crippen molar-refractivity contribution in [3.63, 3.8) is 0 Å². The zero-order chi connectivity index (χ0) is 27.4. The molecule has 39 heavy (non-hydrogen) atoms. The van der Waals surface area contributed by atoms with Crippen LogP contribution in [0.25, 0.3) is 11.4 Å². The molecule has 4 heterocycles. The number of nitrogens with zero attached hydrogens (tertiary/aromatic N) is 4. The number of carbonyl (C=O) groups is 1. The third-order valence-corrected chi connectivity index (χ3v) is 7.68. The van der Waals surface area contributed by atoms with E-state index in [1.807, 2.05) is 36.1 Å². The van der Waals surface area contributed by atoms with Crippen LogP contribution in [0, 0.1) is 18.8 Å². The Hall–Kier alpha value is -3.15. The summed E-state index contributed by atoms with van der Waals surface area (Å²) in [5.74, 6) is 3.76. The van der Waals surface area contributed by atoms with E-state index in [1.165, 1.54) is 0 Å². The van der Waals surface area contributed by atoms with Gasteiger partial charge in [-0.3, -0.25) is 0 Å². The van der Waals surface area contributed by atoms with Gasteiger partial charge in [-0.2, -0.15) is 0 Å². The fraction of sp³-hybridized carbons (Fsp3) is 0.607. The van der Waals surface area contributed by atoms with Crippen LogP contribution in [0.4, 0.5) is 16.4 Å². The van der Waals surface area contributed by atoms with Gasteiger partial charge in [-0.1, -0.05) is 12.1 Å². The molecule has 4 atom stereocenters. The van der Waals surface area contributed by atoms with Crippen molar-refractivity contribution in [2.45, 2.75) is 32.4 Å². The summed E-state index contributed by atoms with van der Waals surface area (Å²) >= 11 is 0. The number of anilines is 2. The largest absolute Gasteiger partial charge is 0.491 e. The first-order valence-corrected chi connectivity index (χ1v) is 13.9. The summed E-state index contributed by atoms with van der Waals surface area (Å²) in [5.41, 5.74) is 1.85. The van der Waals surface area contributed by atoms with Gasteiger partial charge in [0.2, 0.25) is 0 Å². The van der Waals surface area contributed by atoms with Crippen molar-refractivity contribution in [2.24, 2.45) is 11.8 Å². The molecule has 11 heteroatoms. The van der Waals surface area contributed by atoms with E-state index in [4.69, 9.17) is 24.2 Å². The Balaban J connectivity index is 1.39. The number of benzene rings is 1. The van der Waals surface area contributed by atoms with Gasteiger partial charge >= 0.3 is 6.09 Å². The van der Waals surface area contributed by atoms with Crippen LogP contribution in [-0.4, -0.2) is 104 Å². The highest BCUT2D eigenvalue weighted by atomic mass is 16.6. The molecule has 212 valence electrons. The summed E-state index contributed by atoms with van der Waals surface area (Å²) < 4.78 is 16.7. The number of amides is 1. The van der Waals surface area contributed by atoms with Crippen molar-refractivity contribution in [2.75, 3.05) is 76.4 Å². The van der Waals surface area contributed by atoms with Crippen LogP contribution in [-0.2, 0) is 9.47 Å². The number of aliphatic hydroxyl groups is 1. The maximum Gasteiger partial charge on any atom is 0.409 e. The highest BCUT2D eigenvalue weighted by Crippen LogP contribution is 2.37. The SMILES string of the molecule is CCOC(=O)N1CC2CN(c3nc(-c4cccc(OCC(O)CNC)c4)nc(NC4CCOC4)c3C)CC2C1. The fourth-order valence-corrected chi connectivity index (χ4v) is 5.67. The third kappa shape index (κ3) is 6.37. The molecule has 3 aliphatic rings. The van der Waals surface area contributed by atoms with Crippen molar-refractivity contribution >= 4 is 17.7 Å². The topological polar surface area (TPSA) is 121 Å². The van der Waals surface area contributed by atoms with Crippen LogP contribution in [0.2, 0.25) is 0 Å². The summed E-state index contributed by atoms with van der Waals surface area (Å²) in [6.45, 7) is 9.43. The van der Waals surface area contributed by atoms with E-state index in [-0.39, 0.29) is 18.7 Å². The zero-order valence-corrected chi connectivity index (χ0v) is 23.1. The maximum absolute atomic E-state index is 12.3. The molecule has 11 nitrogen and oxygen atoms in total. The van der Waals surface area contributed by atoms with Crippen molar-refractivity contribution < 1.29 is 24.1 Å². The number of hydrogen-bond acceptors (Lipinski definition) is 10. The molecule has 2 aromatic rings. The van der Waals surface area contributed by atoms with Crippen molar-refractivity contribution in [3.8, 4) is 17.1 Å². The number of likely N-dealkylation sites (N-methyl/N-ethyl adjacent to an activating group) is 1. The molecule has 5 rings (SSSR count). The van der Waals surface area contributed by atoms with Gasteiger partial charge < -0.3 is 39.8 Å². The minimum atomic E-state index is -0.598. The second-order valence-corrected chi connectivity index (χ2v) is 10.6. The molecule has 0 radical (unpaired) electrons. The second-order valence-electron chi connectivity index (χ2n) is 10.6. The first-order chi connectivity index (χ1) is 18.9. The lowest BCUT2D eigenvalue weighted by molar-refractivity contribution is 0.108. The van der Waals surface area contributed by atoms with E-state index >= 15 is 0 Å². The molecule has 1 aromatic carbocycles. The van der Waals surface area contributed by atoms with Crippen LogP contribution in [0.1, 0.15) is 18.9 Å². The quantitative estimate of drug-likeness (QED) is 0.413. The Bertz CT molecular complexity index is 1130. The Morgan fingerprint density at radius 2 is 2.03 bits per heavy atom. The lowest BCUT2D eigenvalue weighted by atomic mass is 10.0. The maximum atomic E-state index is 12.3. The van der Waals surface area contributed by atoms with Gasteiger partial charge in [-0.05, 0) is 39.4 Å². The number of likely N-dealkylation sites (tertiary alicyclic amines) is 1. The fourth-order valence-electron chi connectivity index (χ4n) is 5.67. The standard InChI is InChI=1S/C28H40N6O5/c1-4-38-28(36)34-14-20-12-33(13-21(20)15-34)27-18(2)25(30-22-8-9-37-16-22)31-26(32-27)19-6-5-7-24(10-19)39-17-23(35)11-29-3/h5-7,10,20-23,29,35H,4,8-9,11-17H2,1-3H3,(H,30,31,32). The van der Waals surface area contributed by atoms with Crippen LogP contribution < -0.4 is 20.3 Å². The Morgan fingerprint density at radius 1 is 1.23 bits per heavy atom. The van der Waals surface area contributed by atoms with Crippen LogP contribution in [0.3, 0.4) is 0 Å². The molecule has 3 N–H and O–H groups in total. The lowest BCUT2D eigenvalue weighted by Crippen LogP contribution is -2.34. The van der Waals surface area contributed by atoms with Gasteiger partial charge in [0.1, 0.15) is 30.1 Å². The Labute approximate surface area is 229 Å². The van der Waals surface area contributed by atoms with Gasteiger partial charge in [-0.15, -0.1) is 0 Å². The highest BCUT2D eigenvalue weighted by molar-refractivity contribution is 5.69. The average Bonchev–Trinajstić information content (AvgIpc) is 3.67. The molecular formula is C28H40N6O5. The van der Waals surface area contributed by atoms with E-state index in [2.05, 4.69) is 22.5 Å². The highest BCUT2D eigenvalue weighted by Gasteiger charge is 2.43. The summed E-state index contributed by atoms with van der Waals surface area (Å²) in [6, 6.07) is 7.89. The van der Waals surface area contributed by atoms with Crippen LogP contribution in [0.5, 0.6) is 5.75 Å². The molecule has 3 aliphatic heterocycles. The Kier molecular flexibility index (Phi) is 8.69.